The van der Waals surface area contributed by atoms with Crippen molar-refractivity contribution >= 4 is 32.4 Å². The molecular formula is C22H20N6O3S. The van der Waals surface area contributed by atoms with Crippen LogP contribution in [0.15, 0.2) is 53.9 Å². The van der Waals surface area contributed by atoms with Gasteiger partial charge >= 0.3 is 0 Å². The average molecular weight is 449 g/mol. The molecule has 3 aliphatic heterocycles. The quantitative estimate of drug-likeness (QED) is 0.598. The Morgan fingerprint density at radius 1 is 1.16 bits per heavy atom. The fourth-order valence-corrected chi connectivity index (χ4v) is 7.07. The molecule has 3 atom stereocenters. The van der Waals surface area contributed by atoms with Crippen molar-refractivity contribution in [2.45, 2.75) is 29.6 Å². The molecule has 4 heterocycles. The Balaban J connectivity index is 1.36. The predicted octanol–water partition coefficient (Wildman–Crippen LogP) is 1.27. The van der Waals surface area contributed by atoms with Crippen molar-refractivity contribution in [1.82, 2.24) is 18.8 Å². The van der Waals surface area contributed by atoms with Crippen LogP contribution >= 0.6 is 0 Å². The molecule has 3 saturated heterocycles. The van der Waals surface area contributed by atoms with Crippen LogP contribution in [0, 0.1) is 11.3 Å². The second-order valence-electron chi connectivity index (χ2n) is 8.57. The van der Waals surface area contributed by atoms with Crippen LogP contribution in [0.1, 0.15) is 12.0 Å². The number of hydrogen-bond acceptors (Lipinski definition) is 6. The van der Waals surface area contributed by atoms with Crippen molar-refractivity contribution in [3.8, 4) is 6.07 Å². The molecule has 32 heavy (non-hydrogen) atoms. The van der Waals surface area contributed by atoms with E-state index in [1.807, 2.05) is 30.3 Å². The first-order chi connectivity index (χ1) is 15.4. The van der Waals surface area contributed by atoms with E-state index in [2.05, 4.69) is 16.0 Å². The highest BCUT2D eigenvalue weighted by atomic mass is 32.2. The molecule has 1 amide bonds. The van der Waals surface area contributed by atoms with Crippen molar-refractivity contribution in [3.63, 3.8) is 0 Å². The van der Waals surface area contributed by atoms with Gasteiger partial charge in [-0.3, -0.25) is 14.6 Å². The summed E-state index contributed by atoms with van der Waals surface area (Å²) in [6.07, 6.45) is 3.60. The van der Waals surface area contributed by atoms with Crippen LogP contribution < -0.4 is 4.90 Å². The van der Waals surface area contributed by atoms with E-state index in [1.54, 1.807) is 22.6 Å². The lowest BCUT2D eigenvalue weighted by molar-refractivity contribution is -0.120. The number of nitriles is 1. The zero-order valence-corrected chi connectivity index (χ0v) is 18.1. The van der Waals surface area contributed by atoms with Gasteiger partial charge in [0.2, 0.25) is 5.91 Å². The predicted molar refractivity (Wildman–Crippen MR) is 116 cm³/mol. The van der Waals surface area contributed by atoms with Gasteiger partial charge in [-0.05, 0) is 18.6 Å². The molecule has 2 bridgehead atoms. The van der Waals surface area contributed by atoms with Crippen LogP contribution in [-0.4, -0.2) is 64.4 Å². The molecule has 3 fully saturated rings. The number of hydrogen-bond donors (Lipinski definition) is 0. The zero-order chi connectivity index (χ0) is 22.2. The Labute approximate surface area is 185 Å². The number of nitrogens with zero attached hydrogens (tertiary/aromatic N) is 6. The van der Waals surface area contributed by atoms with Gasteiger partial charge in [-0.25, -0.2) is 13.4 Å². The molecule has 162 valence electrons. The fourth-order valence-electron chi connectivity index (χ4n) is 5.42. The van der Waals surface area contributed by atoms with Gasteiger partial charge in [-0.1, -0.05) is 24.3 Å². The standard InChI is InChI=1S/C22H20N6O3S/c1-25-11-20(24-12-25)32(30,31)28-10-15-8-19(28)21-22(29)27(13-26(15)21)18-7-6-14(9-23)16-4-2-3-5-17(16)18/h2-7,11-12,15,19,21H,8,10,13H2,1H3/t15?,19?,21-/m1/s1. The largest absolute Gasteiger partial charge is 0.339 e. The first-order valence-electron chi connectivity index (χ1n) is 10.4. The molecule has 2 unspecified atom stereocenters. The summed E-state index contributed by atoms with van der Waals surface area (Å²) in [6.45, 7) is 0.771. The fraction of sp³-hybridized carbons (Fsp3) is 0.318. The number of piperazine rings is 1. The van der Waals surface area contributed by atoms with E-state index in [-0.39, 0.29) is 17.0 Å². The van der Waals surface area contributed by atoms with Gasteiger partial charge in [0.1, 0.15) is 6.04 Å². The lowest BCUT2D eigenvalue weighted by Crippen LogP contribution is -2.54. The third-order valence-electron chi connectivity index (χ3n) is 6.86. The molecule has 3 aliphatic rings. The summed E-state index contributed by atoms with van der Waals surface area (Å²) in [6, 6.07) is 12.4. The van der Waals surface area contributed by atoms with Gasteiger partial charge in [0.05, 0.1) is 36.4 Å². The molecule has 9 nitrogen and oxygen atoms in total. The maximum Gasteiger partial charge on any atom is 0.262 e. The highest BCUT2D eigenvalue weighted by Crippen LogP contribution is 2.44. The lowest BCUT2D eigenvalue weighted by Gasteiger charge is -2.33. The molecule has 1 aromatic heterocycles. The number of carbonyl (C=O) groups excluding carboxylic acids is 1. The smallest absolute Gasteiger partial charge is 0.262 e. The summed E-state index contributed by atoms with van der Waals surface area (Å²) in [5.74, 6) is -0.103. The summed E-state index contributed by atoms with van der Waals surface area (Å²) >= 11 is 0. The second-order valence-corrected chi connectivity index (χ2v) is 10.4. The highest BCUT2D eigenvalue weighted by molar-refractivity contribution is 7.89. The first-order valence-corrected chi connectivity index (χ1v) is 11.8. The SMILES string of the molecule is Cn1cnc(S(=O)(=O)N2CC3CC2[C@@H]2C(=O)N(c4ccc(C#N)c5ccccc45)CN32)c1. The molecule has 0 radical (unpaired) electrons. The number of aromatic nitrogens is 2. The Morgan fingerprint density at radius 2 is 1.94 bits per heavy atom. The van der Waals surface area contributed by atoms with E-state index in [9.17, 15) is 18.5 Å². The Kier molecular flexibility index (Phi) is 4.02. The minimum atomic E-state index is -3.77. The minimum Gasteiger partial charge on any atom is -0.339 e. The van der Waals surface area contributed by atoms with Crippen molar-refractivity contribution in [2.75, 3.05) is 18.1 Å². The van der Waals surface area contributed by atoms with E-state index in [0.717, 1.165) is 16.5 Å². The number of fused-ring (bicyclic) bond motifs is 6. The molecule has 6 rings (SSSR count). The van der Waals surface area contributed by atoms with Crippen molar-refractivity contribution < 1.29 is 13.2 Å². The summed E-state index contributed by atoms with van der Waals surface area (Å²) in [4.78, 5) is 21.4. The lowest BCUT2D eigenvalue weighted by atomic mass is 10.0. The number of imidazole rings is 1. The van der Waals surface area contributed by atoms with E-state index >= 15 is 0 Å². The van der Waals surface area contributed by atoms with Gasteiger partial charge < -0.3 is 4.57 Å². The Morgan fingerprint density at radius 3 is 2.66 bits per heavy atom. The molecule has 2 aromatic carbocycles. The summed E-state index contributed by atoms with van der Waals surface area (Å²) in [5, 5.41) is 11.1. The average Bonchev–Trinajstić information content (AvgIpc) is 3.56. The number of anilines is 1. The molecule has 0 saturated carbocycles. The van der Waals surface area contributed by atoms with E-state index in [1.165, 1.54) is 16.8 Å². The van der Waals surface area contributed by atoms with Crippen molar-refractivity contribution in [1.29, 1.82) is 5.26 Å². The number of benzene rings is 2. The topological polar surface area (TPSA) is 103 Å². The van der Waals surface area contributed by atoms with Crippen LogP contribution in [-0.2, 0) is 21.9 Å². The van der Waals surface area contributed by atoms with E-state index in [0.29, 0.717) is 25.2 Å². The molecule has 0 spiro atoms. The van der Waals surface area contributed by atoms with E-state index < -0.39 is 22.1 Å². The molecule has 3 aromatic rings. The molecule has 10 heteroatoms. The van der Waals surface area contributed by atoms with Crippen LogP contribution in [0.4, 0.5) is 5.69 Å². The summed E-state index contributed by atoms with van der Waals surface area (Å²) < 4.78 is 29.5. The Hall–Kier alpha value is -3.26. The van der Waals surface area contributed by atoms with Crippen LogP contribution in [0.25, 0.3) is 10.8 Å². The first kappa shape index (κ1) is 19.4. The summed E-state index contributed by atoms with van der Waals surface area (Å²) in [5.41, 5.74) is 1.31. The van der Waals surface area contributed by atoms with E-state index in [4.69, 9.17) is 0 Å². The zero-order valence-electron chi connectivity index (χ0n) is 17.3. The second kappa shape index (κ2) is 6.62. The van der Waals surface area contributed by atoms with Gasteiger partial charge in [-0.15, -0.1) is 0 Å². The van der Waals surface area contributed by atoms with Gasteiger partial charge in [0.25, 0.3) is 10.0 Å². The number of aryl methyl sites for hydroxylation is 1. The summed E-state index contributed by atoms with van der Waals surface area (Å²) in [7, 11) is -2.04. The number of amides is 1. The number of sulfonamides is 1. The third-order valence-corrected chi connectivity index (χ3v) is 8.63. The monoisotopic (exact) mass is 448 g/mol. The number of rotatable bonds is 3. The maximum absolute atomic E-state index is 13.6. The minimum absolute atomic E-state index is 0.0120. The van der Waals surface area contributed by atoms with Gasteiger partial charge in [-0.2, -0.15) is 9.57 Å². The molecular weight excluding hydrogens is 428 g/mol. The van der Waals surface area contributed by atoms with Crippen molar-refractivity contribution in [2.24, 2.45) is 7.05 Å². The normalized spacial score (nSPS) is 25.6. The van der Waals surface area contributed by atoms with Crippen LogP contribution in [0.5, 0.6) is 0 Å². The Bertz CT molecular complexity index is 1420. The number of carbonyl (C=O) groups is 1. The molecule has 0 aliphatic carbocycles. The van der Waals surface area contributed by atoms with Crippen LogP contribution in [0.2, 0.25) is 0 Å². The molecule has 0 N–H and O–H groups in total. The van der Waals surface area contributed by atoms with Gasteiger partial charge in [0, 0.05) is 36.6 Å². The van der Waals surface area contributed by atoms with Crippen LogP contribution in [0.3, 0.4) is 0 Å². The van der Waals surface area contributed by atoms with Gasteiger partial charge in [0.15, 0.2) is 5.03 Å². The van der Waals surface area contributed by atoms with Crippen molar-refractivity contribution in [3.05, 3.63) is 54.5 Å². The third kappa shape index (κ3) is 2.53. The highest BCUT2D eigenvalue weighted by Gasteiger charge is 2.61. The maximum atomic E-state index is 13.6.